The molecule has 0 radical (unpaired) electrons. The van der Waals surface area contributed by atoms with Gasteiger partial charge in [-0.05, 0) is 25.0 Å². The number of nitrogens with zero attached hydrogens (tertiary/aromatic N) is 2. The molecule has 0 bridgehead atoms. The maximum atomic E-state index is 12.5. The van der Waals surface area contributed by atoms with Crippen LogP contribution in [0.3, 0.4) is 0 Å². The van der Waals surface area contributed by atoms with Crippen LogP contribution >= 0.6 is 0 Å². The van der Waals surface area contributed by atoms with Crippen molar-refractivity contribution in [2.45, 2.75) is 25.8 Å². The summed E-state index contributed by atoms with van der Waals surface area (Å²) in [6.07, 6.45) is 0.231. The maximum Gasteiger partial charge on any atom is 0.334 e. The molecule has 1 amide bonds. The third kappa shape index (κ3) is 2.72. The lowest BCUT2D eigenvalue weighted by Crippen LogP contribution is -2.51. The number of carbonyl (C=O) groups excluding carboxylic acids is 1. The zero-order chi connectivity index (χ0) is 16.3. The van der Waals surface area contributed by atoms with Gasteiger partial charge in [-0.2, -0.15) is 5.10 Å². The number of carboxylic acid groups (broad SMARTS) is 1. The number of benzene rings is 1. The molecule has 0 aliphatic rings. The van der Waals surface area contributed by atoms with Gasteiger partial charge in [-0.1, -0.05) is 37.3 Å². The molecule has 1 aromatic heterocycles. The summed E-state index contributed by atoms with van der Waals surface area (Å²) in [6, 6.07) is 10.3. The lowest BCUT2D eigenvalue weighted by Gasteiger charge is -2.29. The number of carbonyl (C=O) groups is 2. The van der Waals surface area contributed by atoms with Crippen molar-refractivity contribution >= 4 is 11.9 Å². The van der Waals surface area contributed by atoms with Crippen LogP contribution in [0.15, 0.2) is 36.4 Å². The van der Waals surface area contributed by atoms with Crippen LogP contribution in [0.5, 0.6) is 0 Å². The van der Waals surface area contributed by atoms with Crippen molar-refractivity contribution in [2.75, 3.05) is 0 Å². The number of hydrogen-bond acceptors (Lipinski definition) is 3. The van der Waals surface area contributed by atoms with E-state index in [9.17, 15) is 14.7 Å². The molecule has 0 saturated heterocycles. The van der Waals surface area contributed by atoms with Crippen molar-refractivity contribution in [3.05, 3.63) is 53.3 Å². The van der Waals surface area contributed by atoms with Crippen LogP contribution in [0.1, 0.15) is 35.1 Å². The lowest BCUT2D eigenvalue weighted by atomic mass is 9.87. The van der Waals surface area contributed by atoms with Gasteiger partial charge in [0.15, 0.2) is 5.54 Å². The van der Waals surface area contributed by atoms with E-state index in [1.807, 2.05) is 0 Å². The number of carboxylic acids is 1. The summed E-state index contributed by atoms with van der Waals surface area (Å²) < 4.78 is 1.44. The van der Waals surface area contributed by atoms with Crippen molar-refractivity contribution in [3.63, 3.8) is 0 Å². The number of aryl methyl sites for hydroxylation is 2. The highest BCUT2D eigenvalue weighted by Gasteiger charge is 2.40. The molecule has 0 saturated carbocycles. The zero-order valence-electron chi connectivity index (χ0n) is 12.8. The number of rotatable bonds is 5. The average molecular weight is 301 g/mol. The third-order valence-electron chi connectivity index (χ3n) is 3.72. The quantitative estimate of drug-likeness (QED) is 0.882. The van der Waals surface area contributed by atoms with Gasteiger partial charge in [0, 0.05) is 7.05 Å². The molecule has 0 spiro atoms. The van der Waals surface area contributed by atoms with Gasteiger partial charge in [-0.25, -0.2) is 4.79 Å². The predicted octanol–water partition coefficient (Wildman–Crippen LogP) is 1.85. The van der Waals surface area contributed by atoms with E-state index >= 15 is 0 Å². The summed E-state index contributed by atoms with van der Waals surface area (Å²) in [6.45, 7) is 3.51. The van der Waals surface area contributed by atoms with Crippen LogP contribution in [0.25, 0.3) is 0 Å². The fraction of sp³-hybridized carbons (Fsp3) is 0.312. The van der Waals surface area contributed by atoms with Gasteiger partial charge in [-0.15, -0.1) is 0 Å². The Bertz CT molecular complexity index is 694. The third-order valence-corrected chi connectivity index (χ3v) is 3.72. The smallest absolute Gasteiger partial charge is 0.334 e. The molecule has 6 nitrogen and oxygen atoms in total. The fourth-order valence-corrected chi connectivity index (χ4v) is 2.50. The minimum atomic E-state index is -1.46. The minimum absolute atomic E-state index is 0.231. The molecule has 1 heterocycles. The molecule has 0 aliphatic carbocycles. The molecule has 0 fully saturated rings. The highest BCUT2D eigenvalue weighted by atomic mass is 16.4. The van der Waals surface area contributed by atoms with Gasteiger partial charge in [0.2, 0.25) is 0 Å². The normalized spacial score (nSPS) is 13.4. The average Bonchev–Trinajstić information content (AvgIpc) is 2.84. The molecular weight excluding hydrogens is 282 g/mol. The first-order valence-corrected chi connectivity index (χ1v) is 7.02. The molecule has 1 atom stereocenters. The first-order valence-electron chi connectivity index (χ1n) is 7.02. The first kappa shape index (κ1) is 15.8. The molecule has 116 valence electrons. The van der Waals surface area contributed by atoms with Gasteiger partial charge < -0.3 is 10.4 Å². The Kier molecular flexibility index (Phi) is 4.30. The fourth-order valence-electron chi connectivity index (χ4n) is 2.50. The summed E-state index contributed by atoms with van der Waals surface area (Å²) in [5.74, 6) is -1.55. The van der Waals surface area contributed by atoms with E-state index in [2.05, 4.69) is 10.4 Å². The Morgan fingerprint density at radius 1 is 1.32 bits per heavy atom. The number of aliphatic carboxylic acids is 1. The van der Waals surface area contributed by atoms with Gasteiger partial charge in [0.25, 0.3) is 5.91 Å². The predicted molar refractivity (Wildman–Crippen MR) is 81.5 cm³/mol. The van der Waals surface area contributed by atoms with E-state index in [0.29, 0.717) is 17.0 Å². The Hall–Kier alpha value is -2.63. The molecule has 1 unspecified atom stereocenters. The SMILES string of the molecule is CCC(NC(=O)c1cc(C)nn1C)(C(=O)O)c1ccccc1. The van der Waals surface area contributed by atoms with Crippen molar-refractivity contribution < 1.29 is 14.7 Å². The molecule has 2 N–H and O–H groups in total. The lowest BCUT2D eigenvalue weighted by molar-refractivity contribution is -0.145. The van der Waals surface area contributed by atoms with E-state index < -0.39 is 17.4 Å². The molecule has 22 heavy (non-hydrogen) atoms. The number of hydrogen-bond donors (Lipinski definition) is 2. The summed E-state index contributed by atoms with van der Waals surface area (Å²) in [4.78, 5) is 24.4. The van der Waals surface area contributed by atoms with E-state index in [0.717, 1.165) is 0 Å². The largest absolute Gasteiger partial charge is 0.479 e. The second-order valence-corrected chi connectivity index (χ2v) is 5.18. The van der Waals surface area contributed by atoms with E-state index in [1.165, 1.54) is 4.68 Å². The second kappa shape index (κ2) is 6.01. The number of aromatic nitrogens is 2. The minimum Gasteiger partial charge on any atom is -0.479 e. The topological polar surface area (TPSA) is 84.2 Å². The maximum absolute atomic E-state index is 12.5. The molecule has 2 rings (SSSR count). The van der Waals surface area contributed by atoms with Crippen molar-refractivity contribution in [1.29, 1.82) is 0 Å². The summed E-state index contributed by atoms with van der Waals surface area (Å²) in [5, 5.41) is 16.5. The molecule has 0 aliphatic heterocycles. The van der Waals surface area contributed by atoms with Crippen LogP contribution in [0.4, 0.5) is 0 Å². The van der Waals surface area contributed by atoms with Crippen LogP contribution in [-0.2, 0) is 17.4 Å². The van der Waals surface area contributed by atoms with Gasteiger partial charge in [0.05, 0.1) is 5.69 Å². The van der Waals surface area contributed by atoms with Crippen molar-refractivity contribution in [3.8, 4) is 0 Å². The van der Waals surface area contributed by atoms with Gasteiger partial charge in [-0.3, -0.25) is 9.48 Å². The summed E-state index contributed by atoms with van der Waals surface area (Å²) >= 11 is 0. The Labute approximate surface area is 128 Å². The van der Waals surface area contributed by atoms with E-state index in [-0.39, 0.29) is 6.42 Å². The molecule has 1 aromatic carbocycles. The van der Waals surface area contributed by atoms with Crippen LogP contribution in [-0.4, -0.2) is 26.8 Å². The van der Waals surface area contributed by atoms with Crippen LogP contribution in [0.2, 0.25) is 0 Å². The number of amides is 1. The van der Waals surface area contributed by atoms with Gasteiger partial charge >= 0.3 is 5.97 Å². The zero-order valence-corrected chi connectivity index (χ0v) is 12.8. The van der Waals surface area contributed by atoms with Crippen LogP contribution < -0.4 is 5.32 Å². The Balaban J connectivity index is 2.42. The second-order valence-electron chi connectivity index (χ2n) is 5.18. The molecule has 6 heteroatoms. The summed E-state index contributed by atoms with van der Waals surface area (Å²) in [5.41, 5.74) is 0.103. The van der Waals surface area contributed by atoms with Crippen molar-refractivity contribution in [2.24, 2.45) is 7.05 Å². The van der Waals surface area contributed by atoms with Gasteiger partial charge in [0.1, 0.15) is 5.69 Å². The van der Waals surface area contributed by atoms with Crippen LogP contribution in [0, 0.1) is 6.92 Å². The highest BCUT2D eigenvalue weighted by molar-refractivity contribution is 5.97. The molecular formula is C16H19N3O3. The van der Waals surface area contributed by atoms with E-state index in [1.54, 1.807) is 57.3 Å². The highest BCUT2D eigenvalue weighted by Crippen LogP contribution is 2.26. The summed E-state index contributed by atoms with van der Waals surface area (Å²) in [7, 11) is 1.65. The first-order chi connectivity index (χ1) is 10.4. The number of nitrogens with one attached hydrogen (secondary N) is 1. The molecule has 2 aromatic rings. The van der Waals surface area contributed by atoms with Crippen molar-refractivity contribution in [1.82, 2.24) is 15.1 Å². The monoisotopic (exact) mass is 301 g/mol. The Morgan fingerprint density at radius 2 is 1.95 bits per heavy atom. The van der Waals surface area contributed by atoms with E-state index in [4.69, 9.17) is 0 Å². The standard InChI is InChI=1S/C16H19N3O3/c1-4-16(15(21)22,12-8-6-5-7-9-12)17-14(20)13-10-11(2)18-19(13)3/h5-10H,4H2,1-3H3,(H,17,20)(H,21,22). The Morgan fingerprint density at radius 3 is 2.41 bits per heavy atom.